The Morgan fingerprint density at radius 1 is 1.18 bits per heavy atom. The second-order valence-corrected chi connectivity index (χ2v) is 6.77. The lowest BCUT2D eigenvalue weighted by atomic mass is 10.1. The van der Waals surface area contributed by atoms with Gasteiger partial charge in [-0.3, -0.25) is 4.79 Å². The first kappa shape index (κ1) is 19.6. The number of carbonyl (C=O) groups is 2. The number of halogens is 1. The molecule has 7 heteroatoms. The molecule has 0 fully saturated rings. The van der Waals surface area contributed by atoms with Crippen molar-refractivity contribution in [1.82, 2.24) is 5.32 Å². The minimum Gasteiger partial charge on any atom is -0.423 e. The van der Waals surface area contributed by atoms with Crippen LogP contribution in [0.4, 0.5) is 0 Å². The van der Waals surface area contributed by atoms with E-state index in [0.29, 0.717) is 16.0 Å². The molecule has 144 valence electrons. The molecule has 0 saturated carbocycles. The molecule has 1 heterocycles. The summed E-state index contributed by atoms with van der Waals surface area (Å²) in [6.07, 6.45) is 0.742. The van der Waals surface area contributed by atoms with Crippen molar-refractivity contribution in [3.05, 3.63) is 75.1 Å². The van der Waals surface area contributed by atoms with Gasteiger partial charge in [0.15, 0.2) is 0 Å². The van der Waals surface area contributed by atoms with Crippen LogP contribution in [0, 0.1) is 0 Å². The Bertz CT molecular complexity index is 1110. The molecule has 0 aliphatic carbocycles. The molecule has 3 aromatic rings. The number of amides is 1. The Morgan fingerprint density at radius 2 is 1.96 bits per heavy atom. The third kappa shape index (κ3) is 4.40. The molecule has 1 unspecified atom stereocenters. The van der Waals surface area contributed by atoms with Crippen molar-refractivity contribution in [2.24, 2.45) is 0 Å². The summed E-state index contributed by atoms with van der Waals surface area (Å²) in [5.41, 5.74) is -0.323. The number of rotatable bonds is 5. The van der Waals surface area contributed by atoms with E-state index in [1.807, 2.05) is 13.8 Å². The van der Waals surface area contributed by atoms with Gasteiger partial charge in [0.1, 0.15) is 16.9 Å². The molecule has 1 atom stereocenters. The topological polar surface area (TPSA) is 85.6 Å². The molecular formula is C21H18ClNO5. The Balaban J connectivity index is 1.86. The van der Waals surface area contributed by atoms with Crippen LogP contribution < -0.4 is 15.7 Å². The summed E-state index contributed by atoms with van der Waals surface area (Å²) in [4.78, 5) is 36.6. The van der Waals surface area contributed by atoms with Gasteiger partial charge in [0.2, 0.25) is 0 Å². The van der Waals surface area contributed by atoms with Gasteiger partial charge >= 0.3 is 11.6 Å². The van der Waals surface area contributed by atoms with Crippen LogP contribution >= 0.6 is 11.6 Å². The third-order valence-corrected chi connectivity index (χ3v) is 4.45. The lowest BCUT2D eigenvalue weighted by Gasteiger charge is -2.11. The quantitative estimate of drug-likeness (QED) is 0.395. The largest absolute Gasteiger partial charge is 0.423 e. The van der Waals surface area contributed by atoms with E-state index in [2.05, 4.69) is 5.32 Å². The summed E-state index contributed by atoms with van der Waals surface area (Å²) >= 11 is 5.88. The first-order chi connectivity index (χ1) is 13.4. The fourth-order valence-electron chi connectivity index (χ4n) is 2.50. The number of ether oxygens (including phenoxy) is 1. The van der Waals surface area contributed by atoms with Crippen LogP contribution in [0.5, 0.6) is 5.75 Å². The number of nitrogens with one attached hydrogen (secondary N) is 1. The molecule has 1 N–H and O–H groups in total. The molecule has 0 aliphatic rings. The van der Waals surface area contributed by atoms with E-state index in [9.17, 15) is 14.4 Å². The van der Waals surface area contributed by atoms with E-state index in [1.165, 1.54) is 18.2 Å². The second-order valence-electron chi connectivity index (χ2n) is 6.33. The number of hydrogen-bond acceptors (Lipinski definition) is 5. The molecule has 1 amide bonds. The number of benzene rings is 2. The van der Waals surface area contributed by atoms with Gasteiger partial charge in [0.05, 0.1) is 5.56 Å². The summed E-state index contributed by atoms with van der Waals surface area (Å²) in [6.45, 7) is 3.78. The zero-order valence-corrected chi connectivity index (χ0v) is 16.1. The van der Waals surface area contributed by atoms with Crippen molar-refractivity contribution in [2.75, 3.05) is 0 Å². The monoisotopic (exact) mass is 399 g/mol. The first-order valence-electron chi connectivity index (χ1n) is 8.74. The van der Waals surface area contributed by atoms with Gasteiger partial charge in [-0.1, -0.05) is 24.6 Å². The molecular weight excluding hydrogens is 382 g/mol. The molecule has 3 rings (SSSR count). The summed E-state index contributed by atoms with van der Waals surface area (Å²) in [7, 11) is 0. The summed E-state index contributed by atoms with van der Waals surface area (Å²) < 4.78 is 10.6. The maximum atomic E-state index is 12.2. The van der Waals surface area contributed by atoms with Gasteiger partial charge in [0.25, 0.3) is 5.91 Å². The summed E-state index contributed by atoms with van der Waals surface area (Å²) in [5.74, 6) is -0.868. The molecule has 0 saturated heterocycles. The zero-order chi connectivity index (χ0) is 20.3. The number of fused-ring (bicyclic) bond motifs is 1. The van der Waals surface area contributed by atoms with Crippen LogP contribution in [0.3, 0.4) is 0 Å². The van der Waals surface area contributed by atoms with E-state index in [4.69, 9.17) is 20.8 Å². The van der Waals surface area contributed by atoms with Gasteiger partial charge in [-0.15, -0.1) is 0 Å². The Hall–Kier alpha value is -3.12. The predicted molar refractivity (Wildman–Crippen MR) is 106 cm³/mol. The van der Waals surface area contributed by atoms with Gasteiger partial charge in [-0.25, -0.2) is 9.59 Å². The van der Waals surface area contributed by atoms with Gasteiger partial charge in [-0.05, 0) is 49.7 Å². The van der Waals surface area contributed by atoms with Crippen molar-refractivity contribution < 1.29 is 18.7 Å². The molecule has 0 bridgehead atoms. The molecule has 28 heavy (non-hydrogen) atoms. The van der Waals surface area contributed by atoms with E-state index < -0.39 is 17.5 Å². The van der Waals surface area contributed by atoms with Crippen molar-refractivity contribution in [3.8, 4) is 5.75 Å². The maximum Gasteiger partial charge on any atom is 0.349 e. The van der Waals surface area contributed by atoms with Crippen LogP contribution in [0.15, 0.2) is 57.7 Å². The van der Waals surface area contributed by atoms with Crippen LogP contribution in [0.25, 0.3) is 11.0 Å². The normalized spacial score (nSPS) is 11.8. The lowest BCUT2D eigenvalue weighted by molar-refractivity contribution is 0.0734. The molecule has 2 aromatic carbocycles. The third-order valence-electron chi connectivity index (χ3n) is 4.21. The summed E-state index contributed by atoms with van der Waals surface area (Å²) in [6, 6.07) is 12.4. The van der Waals surface area contributed by atoms with E-state index >= 15 is 0 Å². The fourth-order valence-corrected chi connectivity index (χ4v) is 2.69. The Labute approximate surface area is 166 Å². The SMILES string of the molecule is CCC(C)NC(=O)c1cc2ccc(OC(=O)c3cccc(Cl)c3)cc2oc1=O. The van der Waals surface area contributed by atoms with Crippen LogP contribution in [0.1, 0.15) is 41.0 Å². The summed E-state index contributed by atoms with van der Waals surface area (Å²) in [5, 5.41) is 3.69. The van der Waals surface area contributed by atoms with Gasteiger partial charge < -0.3 is 14.5 Å². The van der Waals surface area contributed by atoms with E-state index in [0.717, 1.165) is 6.42 Å². The second kappa shape index (κ2) is 8.27. The van der Waals surface area contributed by atoms with Crippen LogP contribution in [0.2, 0.25) is 5.02 Å². The number of carbonyl (C=O) groups excluding carboxylic acids is 2. The fraction of sp³-hybridized carbons (Fsp3) is 0.190. The number of esters is 1. The molecule has 0 spiro atoms. The van der Waals surface area contributed by atoms with Crippen molar-refractivity contribution >= 4 is 34.4 Å². The molecule has 1 aromatic heterocycles. The Morgan fingerprint density at radius 3 is 2.68 bits per heavy atom. The number of hydrogen-bond donors (Lipinski definition) is 1. The molecule has 6 nitrogen and oxygen atoms in total. The lowest BCUT2D eigenvalue weighted by Crippen LogP contribution is -2.34. The highest BCUT2D eigenvalue weighted by atomic mass is 35.5. The zero-order valence-electron chi connectivity index (χ0n) is 15.3. The maximum absolute atomic E-state index is 12.2. The highest BCUT2D eigenvalue weighted by Gasteiger charge is 2.16. The van der Waals surface area contributed by atoms with E-state index in [-0.39, 0.29) is 22.9 Å². The Kier molecular flexibility index (Phi) is 5.80. The van der Waals surface area contributed by atoms with Crippen LogP contribution in [-0.2, 0) is 0 Å². The van der Waals surface area contributed by atoms with Crippen molar-refractivity contribution in [2.45, 2.75) is 26.3 Å². The first-order valence-corrected chi connectivity index (χ1v) is 9.11. The highest BCUT2D eigenvalue weighted by Crippen LogP contribution is 2.22. The minimum absolute atomic E-state index is 0.0594. The smallest absolute Gasteiger partial charge is 0.349 e. The highest BCUT2D eigenvalue weighted by molar-refractivity contribution is 6.30. The molecule has 0 radical (unpaired) electrons. The predicted octanol–water partition coefficient (Wildman–Crippen LogP) is 4.19. The standard InChI is InChI=1S/C21H18ClNO5/c1-3-12(2)23-19(24)17-10-13-7-8-16(11-18(13)28-21(17)26)27-20(25)14-5-4-6-15(22)9-14/h4-12H,3H2,1-2H3,(H,23,24). The van der Waals surface area contributed by atoms with Crippen LogP contribution in [-0.4, -0.2) is 17.9 Å². The average Bonchev–Trinajstić information content (AvgIpc) is 2.67. The van der Waals surface area contributed by atoms with Gasteiger partial charge in [0, 0.05) is 22.5 Å². The van der Waals surface area contributed by atoms with Crippen molar-refractivity contribution in [1.29, 1.82) is 0 Å². The average molecular weight is 400 g/mol. The van der Waals surface area contributed by atoms with Crippen molar-refractivity contribution in [3.63, 3.8) is 0 Å². The van der Waals surface area contributed by atoms with Gasteiger partial charge in [-0.2, -0.15) is 0 Å². The minimum atomic E-state index is -0.758. The van der Waals surface area contributed by atoms with E-state index in [1.54, 1.807) is 30.3 Å². The molecule has 0 aliphatic heterocycles.